The first-order valence-corrected chi connectivity index (χ1v) is 11.3. The van der Waals surface area contributed by atoms with Crippen molar-refractivity contribution in [2.24, 2.45) is 0 Å². The summed E-state index contributed by atoms with van der Waals surface area (Å²) in [5.41, 5.74) is 1.71. The van der Waals surface area contributed by atoms with Gasteiger partial charge in [0.15, 0.2) is 6.61 Å². The second-order valence-electron chi connectivity index (χ2n) is 7.43. The average molecular weight is 490 g/mol. The van der Waals surface area contributed by atoms with Crippen LogP contribution in [0.4, 0.5) is 16.2 Å². The zero-order valence-electron chi connectivity index (χ0n) is 18.2. The summed E-state index contributed by atoms with van der Waals surface area (Å²) < 4.78 is 5.67. The minimum atomic E-state index is -0.516. The molecule has 35 heavy (non-hydrogen) atoms. The van der Waals surface area contributed by atoms with Gasteiger partial charge in [0, 0.05) is 23.4 Å². The van der Waals surface area contributed by atoms with Crippen LogP contribution < -0.4 is 10.1 Å². The summed E-state index contributed by atoms with van der Waals surface area (Å²) in [5.74, 6) is -0.428. The Balaban J connectivity index is 1.44. The van der Waals surface area contributed by atoms with E-state index >= 15 is 0 Å². The van der Waals surface area contributed by atoms with Crippen molar-refractivity contribution < 1.29 is 24.0 Å². The SMILES string of the molecule is O=C(COc1ccccc1/C=C1/SC(=O)N(Cc2ccc([N+](=O)[O-])cc2)C1=O)Nc1ccccc1. The van der Waals surface area contributed by atoms with Crippen molar-refractivity contribution >= 4 is 46.3 Å². The highest BCUT2D eigenvalue weighted by molar-refractivity contribution is 8.18. The van der Waals surface area contributed by atoms with Crippen LogP contribution >= 0.6 is 11.8 Å². The number of carbonyl (C=O) groups excluding carboxylic acids is 3. The molecule has 0 unspecified atom stereocenters. The highest BCUT2D eigenvalue weighted by Crippen LogP contribution is 2.35. The number of nitro benzene ring substituents is 1. The minimum absolute atomic E-state index is 0.00218. The molecular formula is C25H19N3O6S. The third kappa shape index (κ3) is 5.92. The number of rotatable bonds is 8. The number of nitro groups is 1. The second kappa shape index (κ2) is 10.7. The van der Waals surface area contributed by atoms with Crippen molar-refractivity contribution in [2.75, 3.05) is 11.9 Å². The molecule has 1 saturated heterocycles. The number of nitrogens with one attached hydrogen (secondary N) is 1. The van der Waals surface area contributed by atoms with Gasteiger partial charge in [-0.15, -0.1) is 0 Å². The molecule has 1 N–H and O–H groups in total. The Morgan fingerprint density at radius 2 is 1.69 bits per heavy atom. The van der Waals surface area contributed by atoms with Crippen LogP contribution in [0.2, 0.25) is 0 Å². The second-order valence-corrected chi connectivity index (χ2v) is 8.43. The maximum atomic E-state index is 12.9. The molecule has 0 spiro atoms. The molecule has 0 atom stereocenters. The maximum absolute atomic E-state index is 12.9. The summed E-state index contributed by atoms with van der Waals surface area (Å²) in [6, 6.07) is 21.5. The van der Waals surface area contributed by atoms with Crippen LogP contribution in [-0.4, -0.2) is 33.5 Å². The number of hydrogen-bond acceptors (Lipinski definition) is 7. The van der Waals surface area contributed by atoms with E-state index in [9.17, 15) is 24.5 Å². The van der Waals surface area contributed by atoms with Crippen molar-refractivity contribution in [3.63, 3.8) is 0 Å². The van der Waals surface area contributed by atoms with E-state index in [1.807, 2.05) is 6.07 Å². The Bertz CT molecular complexity index is 1310. The number of ether oxygens (including phenoxy) is 1. The van der Waals surface area contributed by atoms with Crippen molar-refractivity contribution in [3.05, 3.63) is 105 Å². The summed E-state index contributed by atoms with van der Waals surface area (Å²) in [6.45, 7) is -0.237. The van der Waals surface area contributed by atoms with Gasteiger partial charge in [-0.2, -0.15) is 0 Å². The summed E-state index contributed by atoms with van der Waals surface area (Å²) in [6.07, 6.45) is 1.55. The Kier molecular flexibility index (Phi) is 7.22. The maximum Gasteiger partial charge on any atom is 0.293 e. The number of imide groups is 1. The summed E-state index contributed by atoms with van der Waals surface area (Å²) in [4.78, 5) is 49.2. The molecule has 1 aliphatic rings. The molecule has 0 radical (unpaired) electrons. The highest BCUT2D eigenvalue weighted by Gasteiger charge is 2.35. The molecule has 3 aromatic rings. The Labute approximate surface area is 204 Å². The smallest absolute Gasteiger partial charge is 0.293 e. The van der Waals surface area contributed by atoms with Crippen molar-refractivity contribution in [3.8, 4) is 5.75 Å². The number of carbonyl (C=O) groups is 3. The first-order valence-electron chi connectivity index (χ1n) is 10.5. The first-order chi connectivity index (χ1) is 16.9. The quantitative estimate of drug-likeness (QED) is 0.273. The molecule has 1 fully saturated rings. The van der Waals surface area contributed by atoms with Gasteiger partial charge in [0.25, 0.3) is 22.7 Å². The van der Waals surface area contributed by atoms with Gasteiger partial charge in [-0.3, -0.25) is 29.4 Å². The largest absolute Gasteiger partial charge is 0.483 e. The predicted molar refractivity (Wildman–Crippen MR) is 132 cm³/mol. The number of non-ortho nitro benzene ring substituents is 1. The van der Waals surface area contributed by atoms with Crippen LogP contribution in [0.15, 0.2) is 83.8 Å². The lowest BCUT2D eigenvalue weighted by Crippen LogP contribution is -2.27. The molecule has 4 rings (SSSR count). The fraction of sp³-hybridized carbons (Fsp3) is 0.0800. The van der Waals surface area contributed by atoms with Gasteiger partial charge in [-0.05, 0) is 41.6 Å². The number of para-hydroxylation sites is 2. The third-order valence-electron chi connectivity index (χ3n) is 4.98. The van der Waals surface area contributed by atoms with Gasteiger partial charge in [0.1, 0.15) is 5.75 Å². The van der Waals surface area contributed by atoms with E-state index in [2.05, 4.69) is 5.32 Å². The van der Waals surface area contributed by atoms with Gasteiger partial charge in [-0.25, -0.2) is 0 Å². The monoisotopic (exact) mass is 489 g/mol. The molecule has 9 nitrogen and oxygen atoms in total. The van der Waals surface area contributed by atoms with Crippen LogP contribution in [0, 0.1) is 10.1 Å². The molecule has 0 aliphatic carbocycles. The van der Waals surface area contributed by atoms with E-state index in [1.54, 1.807) is 54.6 Å². The fourth-order valence-electron chi connectivity index (χ4n) is 3.28. The van der Waals surface area contributed by atoms with E-state index in [-0.39, 0.29) is 29.7 Å². The Morgan fingerprint density at radius 1 is 1.00 bits per heavy atom. The lowest BCUT2D eigenvalue weighted by Gasteiger charge is -2.12. The number of anilines is 1. The summed E-state index contributed by atoms with van der Waals surface area (Å²) in [7, 11) is 0. The molecule has 0 saturated carbocycles. The molecule has 3 aromatic carbocycles. The van der Waals surface area contributed by atoms with Crippen LogP contribution in [0.3, 0.4) is 0 Å². The van der Waals surface area contributed by atoms with Crippen molar-refractivity contribution in [2.45, 2.75) is 6.54 Å². The van der Waals surface area contributed by atoms with Crippen LogP contribution in [0.5, 0.6) is 5.75 Å². The van der Waals surface area contributed by atoms with Gasteiger partial charge in [0.2, 0.25) is 0 Å². The number of thioether (sulfide) groups is 1. The van der Waals surface area contributed by atoms with Crippen LogP contribution in [0.25, 0.3) is 6.08 Å². The molecular weight excluding hydrogens is 470 g/mol. The number of benzene rings is 3. The number of amides is 3. The van der Waals surface area contributed by atoms with Gasteiger partial charge >= 0.3 is 0 Å². The Morgan fingerprint density at radius 3 is 2.40 bits per heavy atom. The van der Waals surface area contributed by atoms with E-state index in [1.165, 1.54) is 24.3 Å². The summed E-state index contributed by atoms with van der Waals surface area (Å²) >= 11 is 0.794. The molecule has 1 aliphatic heterocycles. The van der Waals surface area contributed by atoms with E-state index < -0.39 is 16.1 Å². The van der Waals surface area contributed by atoms with Crippen molar-refractivity contribution in [1.29, 1.82) is 0 Å². The van der Waals surface area contributed by atoms with Gasteiger partial charge < -0.3 is 10.1 Å². The topological polar surface area (TPSA) is 119 Å². The first kappa shape index (κ1) is 23.7. The fourth-order valence-corrected chi connectivity index (χ4v) is 4.11. The zero-order chi connectivity index (χ0) is 24.8. The van der Waals surface area contributed by atoms with E-state index in [4.69, 9.17) is 4.74 Å². The van der Waals surface area contributed by atoms with Gasteiger partial charge in [-0.1, -0.05) is 48.5 Å². The zero-order valence-corrected chi connectivity index (χ0v) is 19.1. The molecule has 1 heterocycles. The predicted octanol–water partition coefficient (Wildman–Crippen LogP) is 4.85. The van der Waals surface area contributed by atoms with Crippen LogP contribution in [-0.2, 0) is 16.1 Å². The standard InChI is InChI=1S/C25H19N3O6S/c29-23(26-19-7-2-1-3-8-19)16-34-21-9-5-4-6-18(21)14-22-24(30)27(25(31)35-22)15-17-10-12-20(13-11-17)28(32)33/h1-14H,15-16H2,(H,26,29)/b22-14+. The normalized spacial score (nSPS) is 14.3. The lowest BCUT2D eigenvalue weighted by molar-refractivity contribution is -0.384. The summed E-state index contributed by atoms with van der Waals surface area (Å²) in [5, 5.41) is 13.1. The molecule has 10 heteroatoms. The van der Waals surface area contributed by atoms with Gasteiger partial charge in [0.05, 0.1) is 16.4 Å². The Hall–Kier alpha value is -4.44. The molecule has 3 amide bonds. The number of nitrogens with zero attached hydrogens (tertiary/aromatic N) is 2. The number of hydrogen-bond donors (Lipinski definition) is 1. The van der Waals surface area contributed by atoms with Crippen LogP contribution in [0.1, 0.15) is 11.1 Å². The van der Waals surface area contributed by atoms with Crippen molar-refractivity contribution in [1.82, 2.24) is 4.90 Å². The highest BCUT2D eigenvalue weighted by atomic mass is 32.2. The third-order valence-corrected chi connectivity index (χ3v) is 5.89. The molecule has 0 aromatic heterocycles. The minimum Gasteiger partial charge on any atom is -0.483 e. The molecule has 0 bridgehead atoms. The molecule has 176 valence electrons. The van der Waals surface area contributed by atoms with E-state index in [0.29, 0.717) is 22.6 Å². The van der Waals surface area contributed by atoms with E-state index in [0.717, 1.165) is 16.7 Å². The lowest BCUT2D eigenvalue weighted by atomic mass is 10.1. The average Bonchev–Trinajstić information content (AvgIpc) is 3.11.